The zero-order valence-corrected chi connectivity index (χ0v) is 19.4. The summed E-state index contributed by atoms with van der Waals surface area (Å²) in [4.78, 5) is 23.5. The van der Waals surface area contributed by atoms with Gasteiger partial charge in [0.1, 0.15) is 17.0 Å². The quantitative estimate of drug-likeness (QED) is 0.325. The van der Waals surface area contributed by atoms with E-state index in [0.29, 0.717) is 28.5 Å². The van der Waals surface area contributed by atoms with Crippen molar-refractivity contribution in [2.75, 3.05) is 30.4 Å². The van der Waals surface area contributed by atoms with Gasteiger partial charge in [0.25, 0.3) is 0 Å². The molecule has 0 saturated carbocycles. The van der Waals surface area contributed by atoms with Gasteiger partial charge in [0, 0.05) is 36.6 Å². The first-order chi connectivity index (χ1) is 16.4. The molecule has 4 heterocycles. The second-order valence-corrected chi connectivity index (χ2v) is 9.97. The maximum atomic E-state index is 12.1. The second kappa shape index (κ2) is 8.97. The summed E-state index contributed by atoms with van der Waals surface area (Å²) in [6.45, 7) is 1.78. The Kier molecular flexibility index (Phi) is 5.86. The van der Waals surface area contributed by atoms with E-state index in [9.17, 15) is 8.42 Å². The molecule has 5 rings (SSSR count). The molecule has 0 spiro atoms. The first kappa shape index (κ1) is 22.2. The summed E-state index contributed by atoms with van der Waals surface area (Å²) in [7, 11) is -2.20. The van der Waals surface area contributed by atoms with Crippen molar-refractivity contribution in [3.63, 3.8) is 0 Å². The van der Waals surface area contributed by atoms with E-state index in [-0.39, 0.29) is 10.9 Å². The molecule has 1 fully saturated rings. The summed E-state index contributed by atoms with van der Waals surface area (Å²) in [6.07, 6.45) is 5.26. The number of imidazole rings is 1. The van der Waals surface area contributed by atoms with Gasteiger partial charge in [0.05, 0.1) is 11.2 Å². The molecule has 11 nitrogen and oxygen atoms in total. The number of piperidine rings is 1. The van der Waals surface area contributed by atoms with Gasteiger partial charge in [0.15, 0.2) is 5.65 Å². The van der Waals surface area contributed by atoms with Crippen LogP contribution in [0.2, 0.25) is 0 Å². The van der Waals surface area contributed by atoms with Gasteiger partial charge in [-0.3, -0.25) is 0 Å². The maximum Gasteiger partial charge on any atom is 0.240 e. The molecule has 0 amide bonds. The molecular formula is C22H25N9O2S. The van der Waals surface area contributed by atoms with Crippen LogP contribution < -0.4 is 20.7 Å². The Balaban J connectivity index is 1.45. The minimum absolute atomic E-state index is 0.138. The number of sulfonamides is 1. The maximum absolute atomic E-state index is 12.1. The number of hydrogen-bond donors (Lipinski definition) is 4. The van der Waals surface area contributed by atoms with Crippen LogP contribution in [-0.2, 0) is 10.0 Å². The van der Waals surface area contributed by atoms with Gasteiger partial charge in [-0.1, -0.05) is 6.07 Å². The number of rotatable bonds is 6. The highest BCUT2D eigenvalue weighted by molar-refractivity contribution is 7.89. The molecule has 0 radical (unpaired) electrons. The summed E-state index contributed by atoms with van der Waals surface area (Å²) in [6, 6.07) is 10.6. The molecule has 3 aromatic heterocycles. The lowest BCUT2D eigenvalue weighted by Crippen LogP contribution is -2.40. The van der Waals surface area contributed by atoms with Crippen LogP contribution in [0.25, 0.3) is 22.4 Å². The number of aromatic nitrogens is 5. The topological polar surface area (TPSA) is 155 Å². The molecule has 1 aromatic carbocycles. The minimum Gasteiger partial charge on any atom is -0.357 e. The van der Waals surface area contributed by atoms with E-state index in [1.54, 1.807) is 24.7 Å². The molecule has 1 aliphatic rings. The number of nitrogens with zero attached hydrogens (tertiary/aromatic N) is 5. The second-order valence-electron chi connectivity index (χ2n) is 8.09. The van der Waals surface area contributed by atoms with E-state index in [1.165, 1.54) is 19.2 Å². The van der Waals surface area contributed by atoms with Gasteiger partial charge in [-0.15, -0.1) is 0 Å². The molecule has 1 aliphatic heterocycles. The fourth-order valence-electron chi connectivity index (χ4n) is 3.93. The Labute approximate surface area is 196 Å². The van der Waals surface area contributed by atoms with E-state index in [2.05, 4.69) is 39.9 Å². The zero-order valence-electron chi connectivity index (χ0n) is 18.6. The minimum atomic E-state index is -3.57. The predicted molar refractivity (Wildman–Crippen MR) is 130 cm³/mol. The number of benzene rings is 1. The number of nitrogens with two attached hydrogens (primary N) is 1. The Hall–Kier alpha value is -3.61. The standard InChI is InChI=1S/C22H25N9O2S/c1-24-34(32,33)17-4-2-3-16(11-17)28-22-29-19(20-21(30-22)27-13-26-20)14-5-6-18(25-12-14)31-9-7-15(23)8-10-31/h2-6,11-13,15,24H,7-10,23H2,1H3,(H2,26,27,28,29,30). The average Bonchev–Trinajstić information content (AvgIpc) is 3.33. The third kappa shape index (κ3) is 4.42. The van der Waals surface area contributed by atoms with E-state index < -0.39 is 10.0 Å². The van der Waals surface area contributed by atoms with Gasteiger partial charge >= 0.3 is 0 Å². The number of pyridine rings is 1. The van der Waals surface area contributed by atoms with Crippen LogP contribution in [0, 0.1) is 0 Å². The Morgan fingerprint density at radius 1 is 1.12 bits per heavy atom. The van der Waals surface area contributed by atoms with Gasteiger partial charge in [-0.2, -0.15) is 4.98 Å². The smallest absolute Gasteiger partial charge is 0.240 e. The van der Waals surface area contributed by atoms with Gasteiger partial charge in [-0.05, 0) is 50.2 Å². The first-order valence-corrected chi connectivity index (χ1v) is 12.4. The van der Waals surface area contributed by atoms with Crippen LogP contribution in [0.1, 0.15) is 12.8 Å². The summed E-state index contributed by atoms with van der Waals surface area (Å²) >= 11 is 0. The van der Waals surface area contributed by atoms with E-state index in [1.807, 2.05) is 12.1 Å². The SMILES string of the molecule is CNS(=O)(=O)c1cccc(Nc2nc(-c3ccc(N4CCC(N)CC4)nc3)c3[nH]cnc3n2)c1. The lowest BCUT2D eigenvalue weighted by Gasteiger charge is -2.31. The molecule has 0 atom stereocenters. The molecule has 0 bridgehead atoms. The molecular weight excluding hydrogens is 454 g/mol. The van der Waals surface area contributed by atoms with Crippen LogP contribution >= 0.6 is 0 Å². The van der Waals surface area contributed by atoms with Crippen molar-refractivity contribution in [2.24, 2.45) is 5.73 Å². The van der Waals surface area contributed by atoms with Crippen molar-refractivity contribution >= 4 is 38.6 Å². The number of H-pyrrole nitrogens is 1. The Morgan fingerprint density at radius 2 is 1.94 bits per heavy atom. The first-order valence-electron chi connectivity index (χ1n) is 10.9. The molecule has 5 N–H and O–H groups in total. The van der Waals surface area contributed by atoms with E-state index in [4.69, 9.17) is 5.73 Å². The highest BCUT2D eigenvalue weighted by atomic mass is 32.2. The predicted octanol–water partition coefficient (Wildman–Crippen LogP) is 1.99. The highest BCUT2D eigenvalue weighted by Gasteiger charge is 2.18. The lowest BCUT2D eigenvalue weighted by atomic mass is 10.1. The molecule has 0 unspecified atom stereocenters. The van der Waals surface area contributed by atoms with Crippen LogP contribution in [-0.4, -0.2) is 59.5 Å². The third-order valence-electron chi connectivity index (χ3n) is 5.84. The van der Waals surface area contributed by atoms with Crippen LogP contribution in [0.3, 0.4) is 0 Å². The monoisotopic (exact) mass is 479 g/mol. The molecule has 1 saturated heterocycles. The van der Waals surface area contributed by atoms with Crippen molar-refractivity contribution in [2.45, 2.75) is 23.8 Å². The van der Waals surface area contributed by atoms with Gasteiger partial charge in [0.2, 0.25) is 16.0 Å². The zero-order chi connectivity index (χ0) is 23.7. The van der Waals surface area contributed by atoms with Crippen LogP contribution in [0.5, 0.6) is 0 Å². The van der Waals surface area contributed by atoms with Crippen molar-refractivity contribution in [3.05, 3.63) is 48.9 Å². The number of aromatic amines is 1. The van der Waals surface area contributed by atoms with Crippen molar-refractivity contribution < 1.29 is 8.42 Å². The summed E-state index contributed by atoms with van der Waals surface area (Å²) in [5.74, 6) is 1.20. The number of fused-ring (bicyclic) bond motifs is 1. The number of hydrogen-bond acceptors (Lipinski definition) is 9. The number of nitrogens with one attached hydrogen (secondary N) is 3. The van der Waals surface area contributed by atoms with E-state index in [0.717, 1.165) is 37.3 Å². The molecule has 34 heavy (non-hydrogen) atoms. The molecule has 4 aromatic rings. The van der Waals surface area contributed by atoms with Gasteiger partial charge in [-0.25, -0.2) is 28.1 Å². The molecule has 176 valence electrons. The summed E-state index contributed by atoms with van der Waals surface area (Å²) < 4.78 is 26.6. The van der Waals surface area contributed by atoms with Gasteiger partial charge < -0.3 is 20.9 Å². The largest absolute Gasteiger partial charge is 0.357 e. The summed E-state index contributed by atoms with van der Waals surface area (Å²) in [5, 5.41) is 3.09. The fraction of sp³-hybridized carbons (Fsp3) is 0.273. The third-order valence-corrected chi connectivity index (χ3v) is 7.25. The lowest BCUT2D eigenvalue weighted by molar-refractivity contribution is 0.498. The fourth-order valence-corrected chi connectivity index (χ4v) is 4.70. The van der Waals surface area contributed by atoms with Crippen LogP contribution in [0.15, 0.2) is 53.8 Å². The Bertz CT molecular complexity index is 1410. The molecule has 12 heteroatoms. The Morgan fingerprint density at radius 3 is 2.68 bits per heavy atom. The van der Waals surface area contributed by atoms with E-state index >= 15 is 0 Å². The van der Waals surface area contributed by atoms with Crippen molar-refractivity contribution in [3.8, 4) is 11.3 Å². The molecule has 0 aliphatic carbocycles. The van der Waals surface area contributed by atoms with Crippen molar-refractivity contribution in [1.29, 1.82) is 0 Å². The number of anilines is 3. The summed E-state index contributed by atoms with van der Waals surface area (Å²) in [5.41, 5.74) is 9.18. The highest BCUT2D eigenvalue weighted by Crippen LogP contribution is 2.28. The normalized spacial score (nSPS) is 15.1. The van der Waals surface area contributed by atoms with Crippen LogP contribution in [0.4, 0.5) is 17.5 Å². The average molecular weight is 480 g/mol. The van der Waals surface area contributed by atoms with Crippen molar-refractivity contribution in [1.82, 2.24) is 29.6 Å².